The normalized spacial score (nSPS) is 10.5. The van der Waals surface area contributed by atoms with E-state index in [1.165, 1.54) is 5.56 Å². The fraction of sp³-hybridized carbons (Fsp3) is 0.182. The van der Waals surface area contributed by atoms with Gasteiger partial charge in [0, 0.05) is 13.5 Å². The van der Waals surface area contributed by atoms with Crippen LogP contribution in [-0.4, -0.2) is 9.78 Å². The van der Waals surface area contributed by atoms with Crippen LogP contribution in [0.3, 0.4) is 0 Å². The number of rotatable bonds is 2. The third-order valence-corrected chi connectivity index (χ3v) is 3.20. The lowest BCUT2D eigenvalue weighted by atomic mass is 10.1. The Kier molecular flexibility index (Phi) is 2.77. The molecule has 0 saturated carbocycles. The Morgan fingerprint density at radius 1 is 1.33 bits per heavy atom. The third kappa shape index (κ3) is 2.04. The number of nitrogens with two attached hydrogens (primary N) is 1. The first kappa shape index (κ1) is 10.2. The number of aryl methyl sites for hydroxylation is 1. The summed E-state index contributed by atoms with van der Waals surface area (Å²) in [5.41, 5.74) is 8.06. The number of halogens is 1. The van der Waals surface area contributed by atoms with Crippen molar-refractivity contribution < 1.29 is 0 Å². The number of nitrogen functional groups attached to an aromatic ring is 1. The van der Waals surface area contributed by atoms with Gasteiger partial charge in [0.1, 0.15) is 0 Å². The quantitative estimate of drug-likeness (QED) is 0.906. The van der Waals surface area contributed by atoms with Crippen LogP contribution in [0.4, 0.5) is 5.82 Å². The van der Waals surface area contributed by atoms with Gasteiger partial charge in [0.2, 0.25) is 0 Å². The molecule has 3 nitrogen and oxygen atoms in total. The molecule has 0 aliphatic rings. The number of nitrogens with zero attached hydrogens (tertiary/aromatic N) is 2. The highest BCUT2D eigenvalue weighted by Gasteiger charge is 2.11. The van der Waals surface area contributed by atoms with E-state index in [-0.39, 0.29) is 0 Å². The minimum Gasteiger partial charge on any atom is -0.381 e. The molecule has 0 atom stereocenters. The second kappa shape index (κ2) is 4.06. The molecule has 0 saturated heterocycles. The highest BCUT2D eigenvalue weighted by Crippen LogP contribution is 2.24. The maximum atomic E-state index is 5.72. The number of benzene rings is 1. The molecule has 2 N–H and O–H groups in total. The molecule has 0 fully saturated rings. The Hall–Kier alpha value is -1.29. The van der Waals surface area contributed by atoms with Crippen LogP contribution in [0.5, 0.6) is 0 Å². The molecule has 1 aromatic carbocycles. The van der Waals surface area contributed by atoms with Gasteiger partial charge in [-0.15, -0.1) is 0 Å². The Morgan fingerprint density at radius 3 is 2.53 bits per heavy atom. The lowest BCUT2D eigenvalue weighted by molar-refractivity contribution is 0.726. The number of anilines is 1. The van der Waals surface area contributed by atoms with E-state index in [4.69, 9.17) is 5.73 Å². The minimum atomic E-state index is 0.545. The molecule has 4 heteroatoms. The molecular weight excluding hydrogens is 254 g/mol. The molecule has 0 aliphatic heterocycles. The van der Waals surface area contributed by atoms with Gasteiger partial charge in [0.05, 0.1) is 10.2 Å². The van der Waals surface area contributed by atoms with Crippen LogP contribution >= 0.6 is 15.9 Å². The van der Waals surface area contributed by atoms with E-state index in [1.54, 1.807) is 0 Å². The average molecular weight is 266 g/mol. The van der Waals surface area contributed by atoms with E-state index in [1.807, 2.05) is 29.9 Å². The lowest BCUT2D eigenvalue weighted by Crippen LogP contribution is -1.99. The number of aromatic nitrogens is 2. The zero-order valence-corrected chi connectivity index (χ0v) is 10.0. The molecule has 2 rings (SSSR count). The molecule has 0 radical (unpaired) electrons. The van der Waals surface area contributed by atoms with Crippen LogP contribution in [0.25, 0.3) is 0 Å². The maximum Gasteiger partial charge on any atom is 0.160 e. The van der Waals surface area contributed by atoms with Crippen molar-refractivity contribution in [3.05, 3.63) is 46.1 Å². The zero-order chi connectivity index (χ0) is 10.8. The predicted molar refractivity (Wildman–Crippen MR) is 64.6 cm³/mol. The first-order valence-electron chi connectivity index (χ1n) is 4.69. The molecule has 0 spiro atoms. The minimum absolute atomic E-state index is 0.545. The molecule has 2 aromatic rings. The monoisotopic (exact) mass is 265 g/mol. The standard InChI is InChI=1S/C11H12BrN3/c1-15-9(10(12)11(13)14-15)7-8-5-3-2-4-6-8/h2-6H,7H2,1H3,(H2,13,14). The van der Waals surface area contributed by atoms with Crippen molar-refractivity contribution in [3.63, 3.8) is 0 Å². The van der Waals surface area contributed by atoms with Crippen LogP contribution < -0.4 is 5.73 Å². The second-order valence-corrected chi connectivity index (χ2v) is 4.22. The van der Waals surface area contributed by atoms with Crippen molar-refractivity contribution in [3.8, 4) is 0 Å². The fourth-order valence-corrected chi connectivity index (χ4v) is 2.01. The van der Waals surface area contributed by atoms with Crippen LogP contribution in [0.15, 0.2) is 34.8 Å². The van der Waals surface area contributed by atoms with Crippen molar-refractivity contribution in [1.29, 1.82) is 0 Å². The van der Waals surface area contributed by atoms with Crippen molar-refractivity contribution in [2.24, 2.45) is 7.05 Å². The molecule has 0 aliphatic carbocycles. The molecule has 0 amide bonds. The van der Waals surface area contributed by atoms with Gasteiger partial charge < -0.3 is 5.73 Å². The van der Waals surface area contributed by atoms with Crippen LogP contribution in [-0.2, 0) is 13.5 Å². The van der Waals surface area contributed by atoms with Crippen LogP contribution in [0.2, 0.25) is 0 Å². The van der Waals surface area contributed by atoms with Crippen molar-refractivity contribution in [2.45, 2.75) is 6.42 Å². The summed E-state index contributed by atoms with van der Waals surface area (Å²) in [7, 11) is 1.90. The molecule has 78 valence electrons. The van der Waals surface area contributed by atoms with Crippen molar-refractivity contribution >= 4 is 21.7 Å². The summed E-state index contributed by atoms with van der Waals surface area (Å²) in [6.45, 7) is 0. The van der Waals surface area contributed by atoms with Crippen molar-refractivity contribution in [2.75, 3.05) is 5.73 Å². The van der Waals surface area contributed by atoms with Gasteiger partial charge in [-0.25, -0.2) is 0 Å². The second-order valence-electron chi connectivity index (χ2n) is 3.43. The van der Waals surface area contributed by atoms with E-state index in [9.17, 15) is 0 Å². The Morgan fingerprint density at radius 2 is 2.00 bits per heavy atom. The summed E-state index contributed by atoms with van der Waals surface area (Å²) < 4.78 is 2.71. The van der Waals surface area contributed by atoms with Gasteiger partial charge in [-0.05, 0) is 21.5 Å². The zero-order valence-electron chi connectivity index (χ0n) is 8.44. The van der Waals surface area contributed by atoms with Gasteiger partial charge in [-0.2, -0.15) is 5.10 Å². The average Bonchev–Trinajstić information content (AvgIpc) is 2.47. The van der Waals surface area contributed by atoms with E-state index < -0.39 is 0 Å². The predicted octanol–water partition coefficient (Wildman–Crippen LogP) is 2.36. The SMILES string of the molecule is Cn1nc(N)c(Br)c1Cc1ccccc1. The summed E-state index contributed by atoms with van der Waals surface area (Å²) >= 11 is 3.45. The molecule has 1 heterocycles. The fourth-order valence-electron chi connectivity index (χ4n) is 1.54. The Bertz CT molecular complexity index is 462. The Balaban J connectivity index is 2.32. The first-order valence-corrected chi connectivity index (χ1v) is 5.48. The van der Waals surface area contributed by atoms with E-state index in [0.717, 1.165) is 16.6 Å². The van der Waals surface area contributed by atoms with Gasteiger partial charge in [-0.3, -0.25) is 4.68 Å². The summed E-state index contributed by atoms with van der Waals surface area (Å²) in [5.74, 6) is 0.545. The maximum absolute atomic E-state index is 5.72. The molecule has 1 aromatic heterocycles. The summed E-state index contributed by atoms with van der Waals surface area (Å²) in [5, 5.41) is 4.15. The molecular formula is C11H12BrN3. The largest absolute Gasteiger partial charge is 0.381 e. The highest BCUT2D eigenvalue weighted by atomic mass is 79.9. The summed E-state index contributed by atoms with van der Waals surface area (Å²) in [4.78, 5) is 0. The lowest BCUT2D eigenvalue weighted by Gasteiger charge is -2.02. The van der Waals surface area contributed by atoms with Crippen molar-refractivity contribution in [1.82, 2.24) is 9.78 Å². The van der Waals surface area contributed by atoms with Gasteiger partial charge in [0.15, 0.2) is 5.82 Å². The van der Waals surface area contributed by atoms with Crippen LogP contribution in [0, 0.1) is 0 Å². The molecule has 0 bridgehead atoms. The van der Waals surface area contributed by atoms with E-state index in [2.05, 4.69) is 33.2 Å². The van der Waals surface area contributed by atoms with Gasteiger partial charge >= 0.3 is 0 Å². The van der Waals surface area contributed by atoms with Gasteiger partial charge in [-0.1, -0.05) is 30.3 Å². The van der Waals surface area contributed by atoms with Crippen LogP contribution in [0.1, 0.15) is 11.3 Å². The van der Waals surface area contributed by atoms with E-state index >= 15 is 0 Å². The summed E-state index contributed by atoms with van der Waals surface area (Å²) in [6.07, 6.45) is 0.835. The first-order chi connectivity index (χ1) is 7.18. The topological polar surface area (TPSA) is 43.8 Å². The highest BCUT2D eigenvalue weighted by molar-refractivity contribution is 9.10. The summed E-state index contributed by atoms with van der Waals surface area (Å²) in [6, 6.07) is 10.3. The van der Waals surface area contributed by atoms with E-state index in [0.29, 0.717) is 5.82 Å². The molecule has 15 heavy (non-hydrogen) atoms. The number of hydrogen-bond donors (Lipinski definition) is 1. The Labute approximate surface area is 97.0 Å². The smallest absolute Gasteiger partial charge is 0.160 e. The molecule has 0 unspecified atom stereocenters. The van der Waals surface area contributed by atoms with Gasteiger partial charge in [0.25, 0.3) is 0 Å². The number of hydrogen-bond acceptors (Lipinski definition) is 2. The third-order valence-electron chi connectivity index (χ3n) is 2.34.